The van der Waals surface area contributed by atoms with E-state index in [0.29, 0.717) is 17.7 Å². The molecular formula is C25H23N5O2S. The summed E-state index contributed by atoms with van der Waals surface area (Å²) in [7, 11) is 0. The van der Waals surface area contributed by atoms with E-state index in [1.54, 1.807) is 6.20 Å². The Morgan fingerprint density at radius 1 is 1.03 bits per heavy atom. The molecule has 0 saturated carbocycles. The van der Waals surface area contributed by atoms with Gasteiger partial charge in [0.05, 0.1) is 16.7 Å². The molecule has 8 heteroatoms. The SMILES string of the molecule is Cc1cccc2c(C3=C(c4c[nH]c5ccccc45)C(=O)NC3=O)cn(CCCSC(=N)N)c12. The van der Waals surface area contributed by atoms with Gasteiger partial charge < -0.3 is 15.3 Å². The van der Waals surface area contributed by atoms with Gasteiger partial charge >= 0.3 is 0 Å². The van der Waals surface area contributed by atoms with Crippen LogP contribution in [0.25, 0.3) is 33.0 Å². The number of fused-ring (bicyclic) bond motifs is 2. The van der Waals surface area contributed by atoms with Crippen molar-refractivity contribution in [2.45, 2.75) is 19.9 Å². The predicted molar refractivity (Wildman–Crippen MR) is 134 cm³/mol. The zero-order valence-corrected chi connectivity index (χ0v) is 18.9. The number of H-pyrrole nitrogens is 1. The van der Waals surface area contributed by atoms with Crippen molar-refractivity contribution < 1.29 is 9.59 Å². The first-order valence-electron chi connectivity index (χ1n) is 10.7. The van der Waals surface area contributed by atoms with Gasteiger partial charge in [0.15, 0.2) is 5.17 Å². The Morgan fingerprint density at radius 2 is 1.76 bits per heavy atom. The van der Waals surface area contributed by atoms with Crippen molar-refractivity contribution in [2.24, 2.45) is 5.73 Å². The Morgan fingerprint density at radius 3 is 2.55 bits per heavy atom. The molecule has 0 radical (unpaired) electrons. The van der Waals surface area contributed by atoms with E-state index < -0.39 is 0 Å². The molecule has 0 spiro atoms. The summed E-state index contributed by atoms with van der Waals surface area (Å²) in [5, 5.41) is 11.8. The summed E-state index contributed by atoms with van der Waals surface area (Å²) in [5.41, 5.74) is 10.8. The smallest absolute Gasteiger partial charge is 0.259 e. The summed E-state index contributed by atoms with van der Waals surface area (Å²) in [5.74, 6) is -0.0301. The van der Waals surface area contributed by atoms with Crippen LogP contribution in [-0.4, -0.2) is 32.3 Å². The number of carbonyl (C=O) groups is 2. The summed E-state index contributed by atoms with van der Waals surface area (Å²) in [6.45, 7) is 2.76. The number of hydrogen-bond acceptors (Lipinski definition) is 4. The highest BCUT2D eigenvalue weighted by Crippen LogP contribution is 2.38. The molecular weight excluding hydrogens is 434 g/mol. The molecule has 166 valence electrons. The first kappa shape index (κ1) is 21.1. The normalized spacial score (nSPS) is 14.0. The summed E-state index contributed by atoms with van der Waals surface area (Å²) in [4.78, 5) is 29.2. The van der Waals surface area contributed by atoms with Gasteiger partial charge in [0, 0.05) is 52.1 Å². The van der Waals surface area contributed by atoms with E-state index in [2.05, 4.69) is 14.9 Å². The maximum Gasteiger partial charge on any atom is 0.259 e. The number of benzene rings is 2. The number of aryl methyl sites for hydroxylation is 2. The van der Waals surface area contributed by atoms with Gasteiger partial charge in [-0.05, 0) is 25.0 Å². The molecule has 0 atom stereocenters. The molecule has 2 aromatic carbocycles. The second kappa shape index (κ2) is 8.29. The number of amides is 2. The molecule has 4 aromatic rings. The Hall–Kier alpha value is -3.78. The first-order valence-corrected chi connectivity index (χ1v) is 11.7. The van der Waals surface area contributed by atoms with Crippen LogP contribution in [0.15, 0.2) is 54.9 Å². The van der Waals surface area contributed by atoms with E-state index in [4.69, 9.17) is 11.1 Å². The minimum Gasteiger partial charge on any atom is -0.379 e. The summed E-state index contributed by atoms with van der Waals surface area (Å²) in [6, 6.07) is 13.7. The molecule has 0 aliphatic carbocycles. The zero-order valence-electron chi connectivity index (χ0n) is 18.1. The molecule has 3 heterocycles. The van der Waals surface area contributed by atoms with E-state index in [0.717, 1.165) is 50.7 Å². The van der Waals surface area contributed by atoms with E-state index >= 15 is 0 Å². The average Bonchev–Trinajstić information content (AvgIpc) is 3.44. The lowest BCUT2D eigenvalue weighted by molar-refractivity contribution is -0.122. The summed E-state index contributed by atoms with van der Waals surface area (Å²) in [6.07, 6.45) is 4.58. The fourth-order valence-electron chi connectivity index (χ4n) is 4.59. The standard InChI is InChI=1S/C25H23N5O2S/c1-14-6-4-8-16-18(13-30(22(14)16)10-5-11-33-25(26)27)21-20(23(31)29-24(21)32)17-12-28-19-9-3-2-7-15(17)19/h2-4,6-9,12-13,28H,5,10-11H2,1H3,(H3,26,27)(H,29,31,32). The van der Waals surface area contributed by atoms with Gasteiger partial charge in [-0.3, -0.25) is 20.3 Å². The number of thioether (sulfide) groups is 1. The minimum absolute atomic E-state index is 0.110. The lowest BCUT2D eigenvalue weighted by Gasteiger charge is -2.07. The minimum atomic E-state index is -0.383. The first-order chi connectivity index (χ1) is 16.0. The van der Waals surface area contributed by atoms with Crippen molar-refractivity contribution in [3.63, 3.8) is 0 Å². The number of aromatic nitrogens is 2. The van der Waals surface area contributed by atoms with Crippen LogP contribution in [0.4, 0.5) is 0 Å². The van der Waals surface area contributed by atoms with E-state index in [9.17, 15) is 9.59 Å². The van der Waals surface area contributed by atoms with Crippen molar-refractivity contribution in [1.82, 2.24) is 14.9 Å². The van der Waals surface area contributed by atoms with E-state index in [1.165, 1.54) is 11.8 Å². The van der Waals surface area contributed by atoms with Crippen molar-refractivity contribution in [3.05, 3.63) is 71.5 Å². The van der Waals surface area contributed by atoms with Gasteiger partial charge in [-0.25, -0.2) is 0 Å². The average molecular weight is 458 g/mol. The number of nitrogens with one attached hydrogen (secondary N) is 3. The van der Waals surface area contributed by atoms with Gasteiger partial charge in [0.25, 0.3) is 11.8 Å². The summed E-state index contributed by atoms with van der Waals surface area (Å²) < 4.78 is 2.14. The highest BCUT2D eigenvalue weighted by atomic mass is 32.2. The number of hydrogen-bond donors (Lipinski definition) is 4. The molecule has 33 heavy (non-hydrogen) atoms. The molecule has 5 N–H and O–H groups in total. The van der Waals surface area contributed by atoms with Crippen LogP contribution in [0.1, 0.15) is 23.1 Å². The number of carbonyl (C=O) groups excluding carboxylic acids is 2. The number of amidine groups is 1. The third-order valence-corrected chi connectivity index (χ3v) is 6.76. The van der Waals surface area contributed by atoms with Gasteiger partial charge in [0.1, 0.15) is 0 Å². The van der Waals surface area contributed by atoms with E-state index in [-0.39, 0.29) is 17.0 Å². The van der Waals surface area contributed by atoms with Crippen molar-refractivity contribution >= 4 is 61.7 Å². The van der Waals surface area contributed by atoms with Gasteiger partial charge in [0.2, 0.25) is 0 Å². The van der Waals surface area contributed by atoms with Crippen LogP contribution in [0.3, 0.4) is 0 Å². The second-order valence-corrected chi connectivity index (χ2v) is 9.19. The number of imide groups is 1. The maximum absolute atomic E-state index is 13.0. The van der Waals surface area contributed by atoms with E-state index in [1.807, 2.05) is 55.6 Å². The van der Waals surface area contributed by atoms with Crippen LogP contribution < -0.4 is 11.1 Å². The maximum atomic E-state index is 13.0. The van der Waals surface area contributed by atoms with Gasteiger partial charge in [-0.1, -0.05) is 48.2 Å². The third kappa shape index (κ3) is 3.62. The predicted octanol–water partition coefficient (Wildman–Crippen LogP) is 4.01. The largest absolute Gasteiger partial charge is 0.379 e. The highest BCUT2D eigenvalue weighted by molar-refractivity contribution is 8.13. The Kier molecular flexibility index (Phi) is 5.30. The van der Waals surface area contributed by atoms with Crippen LogP contribution in [0, 0.1) is 12.3 Å². The van der Waals surface area contributed by atoms with Crippen LogP contribution >= 0.6 is 11.8 Å². The second-order valence-electron chi connectivity index (χ2n) is 8.05. The van der Waals surface area contributed by atoms with Crippen LogP contribution in [0.5, 0.6) is 0 Å². The van der Waals surface area contributed by atoms with Crippen LogP contribution in [-0.2, 0) is 16.1 Å². The number of aromatic amines is 1. The lowest BCUT2D eigenvalue weighted by Crippen LogP contribution is -2.22. The Labute approximate surface area is 194 Å². The monoisotopic (exact) mass is 457 g/mol. The number of nitrogens with zero attached hydrogens (tertiary/aromatic N) is 1. The highest BCUT2D eigenvalue weighted by Gasteiger charge is 2.35. The molecule has 0 saturated heterocycles. The fraction of sp³-hybridized carbons (Fsp3) is 0.160. The van der Waals surface area contributed by atoms with Gasteiger partial charge in [-0.15, -0.1) is 0 Å². The molecule has 0 fully saturated rings. The van der Waals surface area contributed by atoms with Gasteiger partial charge in [-0.2, -0.15) is 0 Å². The number of nitrogens with two attached hydrogens (primary N) is 1. The molecule has 2 aromatic heterocycles. The summed E-state index contributed by atoms with van der Waals surface area (Å²) >= 11 is 1.32. The Balaban J connectivity index is 1.68. The van der Waals surface area contributed by atoms with Crippen molar-refractivity contribution in [2.75, 3.05) is 5.75 Å². The molecule has 5 rings (SSSR count). The molecule has 7 nitrogen and oxygen atoms in total. The molecule has 1 aliphatic heterocycles. The third-order valence-electron chi connectivity index (χ3n) is 5.96. The molecule has 2 amide bonds. The van der Waals surface area contributed by atoms with Crippen molar-refractivity contribution in [1.29, 1.82) is 5.41 Å². The fourth-order valence-corrected chi connectivity index (χ4v) is 5.08. The molecule has 1 aliphatic rings. The zero-order chi connectivity index (χ0) is 23.1. The van der Waals surface area contributed by atoms with Crippen molar-refractivity contribution in [3.8, 4) is 0 Å². The lowest BCUT2D eigenvalue weighted by atomic mass is 9.95. The molecule has 0 unspecified atom stereocenters. The topological polar surface area (TPSA) is 117 Å². The number of rotatable bonds is 6. The van der Waals surface area contributed by atoms with Crippen LogP contribution in [0.2, 0.25) is 0 Å². The number of para-hydroxylation sites is 2. The molecule has 0 bridgehead atoms. The quantitative estimate of drug-likeness (QED) is 0.151. The Bertz CT molecular complexity index is 1480.